The van der Waals surface area contributed by atoms with Crippen LogP contribution in [0.2, 0.25) is 0 Å². The molecule has 3 aromatic rings. The van der Waals surface area contributed by atoms with Crippen LogP contribution in [0.4, 0.5) is 5.82 Å². The number of nitrogens with zero attached hydrogens (tertiary/aromatic N) is 4. The molecule has 0 bridgehead atoms. The molecule has 1 fully saturated rings. The molecule has 4 rings (SSSR count). The van der Waals surface area contributed by atoms with E-state index in [1.807, 2.05) is 16.9 Å². The highest BCUT2D eigenvalue weighted by Gasteiger charge is 2.18. The van der Waals surface area contributed by atoms with Crippen LogP contribution in [0.5, 0.6) is 0 Å². The molecular formula is C18H20N4. The summed E-state index contributed by atoms with van der Waals surface area (Å²) in [7, 11) is 0. The summed E-state index contributed by atoms with van der Waals surface area (Å²) in [5.74, 6) is 1.06. The number of aryl methyl sites for hydroxylation is 2. The quantitative estimate of drug-likeness (QED) is 0.723. The van der Waals surface area contributed by atoms with Crippen molar-refractivity contribution < 1.29 is 0 Å². The molecule has 0 saturated carbocycles. The molecule has 3 heterocycles. The molecule has 112 valence electrons. The fourth-order valence-electron chi connectivity index (χ4n) is 3.31. The summed E-state index contributed by atoms with van der Waals surface area (Å²) in [6.45, 7) is 6.45. The Bertz CT molecular complexity index is 828. The number of benzene rings is 1. The molecule has 4 nitrogen and oxygen atoms in total. The van der Waals surface area contributed by atoms with Gasteiger partial charge in [0.2, 0.25) is 0 Å². The second-order valence-electron chi connectivity index (χ2n) is 6.12. The lowest BCUT2D eigenvalue weighted by Gasteiger charge is -2.16. The first kappa shape index (κ1) is 13.3. The molecule has 0 atom stereocenters. The number of hydrogen-bond acceptors (Lipinski definition) is 3. The first-order chi connectivity index (χ1) is 10.7. The second-order valence-corrected chi connectivity index (χ2v) is 6.12. The van der Waals surface area contributed by atoms with E-state index in [9.17, 15) is 0 Å². The van der Waals surface area contributed by atoms with Crippen molar-refractivity contribution in [3.8, 4) is 11.3 Å². The normalized spacial score (nSPS) is 14.9. The summed E-state index contributed by atoms with van der Waals surface area (Å²) in [6.07, 6.45) is 6.28. The molecule has 1 saturated heterocycles. The van der Waals surface area contributed by atoms with E-state index in [0.717, 1.165) is 30.1 Å². The number of anilines is 1. The van der Waals surface area contributed by atoms with E-state index < -0.39 is 0 Å². The lowest BCUT2D eigenvalue weighted by atomic mass is 10.0. The minimum absolute atomic E-state index is 1.02. The molecule has 0 aliphatic carbocycles. The van der Waals surface area contributed by atoms with E-state index in [4.69, 9.17) is 5.10 Å². The zero-order chi connectivity index (χ0) is 15.1. The van der Waals surface area contributed by atoms with Crippen LogP contribution >= 0.6 is 0 Å². The number of hydrogen-bond donors (Lipinski definition) is 0. The van der Waals surface area contributed by atoms with Gasteiger partial charge in [-0.05, 0) is 38.3 Å². The average Bonchev–Trinajstić information content (AvgIpc) is 3.16. The first-order valence-corrected chi connectivity index (χ1v) is 7.89. The van der Waals surface area contributed by atoms with Crippen LogP contribution in [0.3, 0.4) is 0 Å². The van der Waals surface area contributed by atoms with E-state index in [1.165, 1.54) is 29.5 Å². The van der Waals surface area contributed by atoms with Crippen LogP contribution in [0, 0.1) is 13.8 Å². The fraction of sp³-hybridized carbons (Fsp3) is 0.333. The monoisotopic (exact) mass is 292 g/mol. The van der Waals surface area contributed by atoms with Gasteiger partial charge in [0.25, 0.3) is 0 Å². The van der Waals surface area contributed by atoms with Crippen molar-refractivity contribution >= 4 is 11.3 Å². The van der Waals surface area contributed by atoms with Crippen LogP contribution in [0.1, 0.15) is 24.0 Å². The van der Waals surface area contributed by atoms with E-state index >= 15 is 0 Å². The van der Waals surface area contributed by atoms with Gasteiger partial charge in [-0.15, -0.1) is 0 Å². The zero-order valence-corrected chi connectivity index (χ0v) is 13.1. The molecule has 1 aliphatic rings. The lowest BCUT2D eigenvalue weighted by molar-refractivity contribution is 0.900. The van der Waals surface area contributed by atoms with Crippen molar-refractivity contribution in [3.05, 3.63) is 47.8 Å². The van der Waals surface area contributed by atoms with Crippen LogP contribution in [-0.2, 0) is 0 Å². The molecule has 22 heavy (non-hydrogen) atoms. The Hall–Kier alpha value is -2.36. The van der Waals surface area contributed by atoms with Crippen LogP contribution in [-0.4, -0.2) is 27.7 Å². The molecule has 1 aromatic carbocycles. The first-order valence-electron chi connectivity index (χ1n) is 7.89. The van der Waals surface area contributed by atoms with Gasteiger partial charge in [0, 0.05) is 31.0 Å². The summed E-state index contributed by atoms with van der Waals surface area (Å²) in [5.41, 5.74) is 5.86. The predicted octanol–water partition coefficient (Wildman–Crippen LogP) is 3.61. The van der Waals surface area contributed by atoms with Gasteiger partial charge in [-0.1, -0.05) is 23.8 Å². The summed E-state index contributed by atoms with van der Waals surface area (Å²) < 4.78 is 1.95. The minimum Gasteiger partial charge on any atom is -0.355 e. The predicted molar refractivity (Wildman–Crippen MR) is 89.3 cm³/mol. The summed E-state index contributed by atoms with van der Waals surface area (Å²) in [5, 5.41) is 4.76. The summed E-state index contributed by atoms with van der Waals surface area (Å²) in [6, 6.07) is 8.68. The van der Waals surface area contributed by atoms with E-state index in [-0.39, 0.29) is 0 Å². The maximum Gasteiger partial charge on any atom is 0.154 e. The molecule has 0 spiro atoms. The van der Waals surface area contributed by atoms with Gasteiger partial charge in [-0.3, -0.25) is 0 Å². The van der Waals surface area contributed by atoms with Gasteiger partial charge in [0.15, 0.2) is 5.82 Å². The minimum atomic E-state index is 1.02. The topological polar surface area (TPSA) is 33.4 Å². The largest absolute Gasteiger partial charge is 0.355 e. The van der Waals surface area contributed by atoms with E-state index in [0.29, 0.717) is 0 Å². The highest BCUT2D eigenvalue weighted by molar-refractivity contribution is 5.76. The molecular weight excluding hydrogens is 272 g/mol. The van der Waals surface area contributed by atoms with Crippen LogP contribution in [0.25, 0.3) is 16.8 Å². The smallest absolute Gasteiger partial charge is 0.154 e. The Morgan fingerprint density at radius 1 is 1.05 bits per heavy atom. The summed E-state index contributed by atoms with van der Waals surface area (Å²) in [4.78, 5) is 6.96. The average molecular weight is 292 g/mol. The van der Waals surface area contributed by atoms with Crippen molar-refractivity contribution in [2.24, 2.45) is 0 Å². The van der Waals surface area contributed by atoms with Gasteiger partial charge in [-0.25, -0.2) is 9.50 Å². The molecule has 1 aliphatic heterocycles. The van der Waals surface area contributed by atoms with Crippen LogP contribution < -0.4 is 4.90 Å². The standard InChI is InChI=1S/C18H20N4/c1-13-5-6-15(14(2)11-13)16-12-17-18(21-8-3-4-9-21)19-7-10-22(17)20-16/h5-7,10-12H,3-4,8-9H2,1-2H3. The number of aromatic nitrogens is 3. The maximum absolute atomic E-state index is 4.76. The van der Waals surface area contributed by atoms with Crippen molar-refractivity contribution in [3.63, 3.8) is 0 Å². The van der Waals surface area contributed by atoms with Crippen molar-refractivity contribution in [1.29, 1.82) is 0 Å². The molecule has 0 radical (unpaired) electrons. The molecule has 0 N–H and O–H groups in total. The van der Waals surface area contributed by atoms with Crippen molar-refractivity contribution in [2.75, 3.05) is 18.0 Å². The van der Waals surface area contributed by atoms with Gasteiger partial charge in [0.1, 0.15) is 5.52 Å². The summed E-state index contributed by atoms with van der Waals surface area (Å²) >= 11 is 0. The number of fused-ring (bicyclic) bond motifs is 1. The van der Waals surface area contributed by atoms with Gasteiger partial charge in [0.05, 0.1) is 5.69 Å². The Kier molecular flexibility index (Phi) is 3.10. The Morgan fingerprint density at radius 3 is 2.64 bits per heavy atom. The third kappa shape index (κ3) is 2.15. The maximum atomic E-state index is 4.76. The SMILES string of the molecule is Cc1ccc(-c2cc3c(N4CCCC4)nccn3n2)c(C)c1. The lowest BCUT2D eigenvalue weighted by Crippen LogP contribution is -2.19. The third-order valence-electron chi connectivity index (χ3n) is 4.43. The molecule has 2 aromatic heterocycles. The van der Waals surface area contributed by atoms with Crippen molar-refractivity contribution in [2.45, 2.75) is 26.7 Å². The van der Waals surface area contributed by atoms with Crippen molar-refractivity contribution in [1.82, 2.24) is 14.6 Å². The molecule has 0 unspecified atom stereocenters. The van der Waals surface area contributed by atoms with Gasteiger partial charge < -0.3 is 4.90 Å². The Morgan fingerprint density at radius 2 is 1.86 bits per heavy atom. The fourth-order valence-corrected chi connectivity index (χ4v) is 3.31. The Balaban J connectivity index is 1.85. The second kappa shape index (κ2) is 5.13. The van der Waals surface area contributed by atoms with E-state index in [2.05, 4.69) is 48.0 Å². The van der Waals surface area contributed by atoms with Gasteiger partial charge >= 0.3 is 0 Å². The van der Waals surface area contributed by atoms with Gasteiger partial charge in [-0.2, -0.15) is 5.10 Å². The van der Waals surface area contributed by atoms with Crippen LogP contribution in [0.15, 0.2) is 36.7 Å². The molecule has 0 amide bonds. The third-order valence-corrected chi connectivity index (χ3v) is 4.43. The number of rotatable bonds is 2. The Labute approximate surface area is 130 Å². The highest BCUT2D eigenvalue weighted by Crippen LogP contribution is 2.28. The molecule has 4 heteroatoms. The van der Waals surface area contributed by atoms with E-state index in [1.54, 1.807) is 0 Å². The highest BCUT2D eigenvalue weighted by atomic mass is 15.3. The zero-order valence-electron chi connectivity index (χ0n) is 13.1.